The monoisotopic (exact) mass is 348 g/mol. The molecule has 0 heterocycles. The number of hydrogen-bond acceptors (Lipinski definition) is 2. The fraction of sp³-hybridized carbons (Fsp3) is 0.316. The minimum Gasteiger partial charge on any atom is -0.392 e. The molecule has 2 rings (SSSR count). The van der Waals surface area contributed by atoms with Crippen LogP contribution in [-0.4, -0.2) is 24.2 Å². The van der Waals surface area contributed by atoms with Gasteiger partial charge in [-0.15, -0.1) is 0 Å². The molecule has 3 N–H and O–H groups in total. The van der Waals surface area contributed by atoms with E-state index in [-0.39, 0.29) is 25.1 Å². The van der Waals surface area contributed by atoms with Gasteiger partial charge in [-0.3, -0.25) is 0 Å². The molecule has 2 aromatic carbocycles. The fourth-order valence-electron chi connectivity index (χ4n) is 2.45. The Morgan fingerprint density at radius 2 is 1.76 bits per heavy atom. The summed E-state index contributed by atoms with van der Waals surface area (Å²) >= 11 is 0. The highest BCUT2D eigenvalue weighted by atomic mass is 19.1. The average molecular weight is 348 g/mol. The lowest BCUT2D eigenvalue weighted by molar-refractivity contribution is 0.240. The summed E-state index contributed by atoms with van der Waals surface area (Å²) in [6, 6.07) is 10.6. The molecule has 1 atom stereocenters. The molecule has 0 aliphatic heterocycles. The minimum absolute atomic E-state index is 0.00771. The van der Waals surface area contributed by atoms with Gasteiger partial charge in [-0.05, 0) is 29.2 Å². The highest BCUT2D eigenvalue weighted by molar-refractivity contribution is 5.73. The molecule has 25 heavy (non-hydrogen) atoms. The van der Waals surface area contributed by atoms with Gasteiger partial charge in [0.1, 0.15) is 11.6 Å². The fourth-order valence-corrected chi connectivity index (χ4v) is 2.45. The van der Waals surface area contributed by atoms with Crippen molar-refractivity contribution < 1.29 is 18.7 Å². The number of aliphatic hydroxyl groups excluding tert-OH is 1. The maximum atomic E-state index is 13.7. The lowest BCUT2D eigenvalue weighted by atomic mass is 10.0. The molecule has 2 aromatic rings. The van der Waals surface area contributed by atoms with Gasteiger partial charge < -0.3 is 15.7 Å². The van der Waals surface area contributed by atoms with Crippen molar-refractivity contribution >= 4 is 6.03 Å². The van der Waals surface area contributed by atoms with Gasteiger partial charge in [-0.25, -0.2) is 13.6 Å². The largest absolute Gasteiger partial charge is 0.392 e. The van der Waals surface area contributed by atoms with Crippen LogP contribution in [0.2, 0.25) is 0 Å². The van der Waals surface area contributed by atoms with Crippen molar-refractivity contribution in [2.24, 2.45) is 0 Å². The minimum atomic E-state index is -0.619. The Morgan fingerprint density at radius 3 is 2.40 bits per heavy atom. The van der Waals surface area contributed by atoms with Gasteiger partial charge >= 0.3 is 6.03 Å². The predicted molar refractivity (Wildman–Crippen MR) is 92.2 cm³/mol. The first-order chi connectivity index (χ1) is 12.0. The van der Waals surface area contributed by atoms with Crippen LogP contribution >= 0.6 is 0 Å². The van der Waals surface area contributed by atoms with Gasteiger partial charge in [0.15, 0.2) is 0 Å². The molecular weight excluding hydrogens is 326 g/mol. The number of carbonyl (C=O) groups excluding carboxylic acids is 1. The van der Waals surface area contributed by atoms with E-state index >= 15 is 0 Å². The molecular formula is C19H22F2N2O2. The molecule has 0 saturated carbocycles. The second-order valence-electron chi connectivity index (χ2n) is 5.93. The van der Waals surface area contributed by atoms with Crippen LogP contribution in [0.3, 0.4) is 0 Å². The first kappa shape index (κ1) is 18.9. The van der Waals surface area contributed by atoms with E-state index in [0.717, 1.165) is 17.2 Å². The third kappa shape index (κ3) is 5.83. The van der Waals surface area contributed by atoms with Gasteiger partial charge in [0.25, 0.3) is 0 Å². The quantitative estimate of drug-likeness (QED) is 0.720. The Morgan fingerprint density at radius 1 is 1.08 bits per heavy atom. The van der Waals surface area contributed by atoms with Crippen molar-refractivity contribution in [1.82, 2.24) is 10.6 Å². The Labute approximate surface area is 145 Å². The Hall–Kier alpha value is -2.47. The van der Waals surface area contributed by atoms with E-state index in [4.69, 9.17) is 5.11 Å². The number of aliphatic hydroxyl groups is 1. The van der Waals surface area contributed by atoms with Gasteiger partial charge in [0.2, 0.25) is 0 Å². The molecule has 1 unspecified atom stereocenters. The molecule has 6 heteroatoms. The number of halogens is 2. The van der Waals surface area contributed by atoms with Crippen molar-refractivity contribution in [2.75, 3.05) is 13.1 Å². The Kier molecular flexibility index (Phi) is 6.89. The van der Waals surface area contributed by atoms with E-state index in [1.165, 1.54) is 12.1 Å². The standard InChI is InChI=1S/C19H22F2N2O2/c1-13(17-7-6-16(20)10-18(17)21)11-23-19(25)22-9-8-14-2-4-15(12-24)5-3-14/h2-7,10,13,24H,8-9,11-12H2,1H3,(H2,22,23,25). The van der Waals surface area contributed by atoms with Gasteiger partial charge in [0, 0.05) is 25.1 Å². The summed E-state index contributed by atoms with van der Waals surface area (Å²) in [5, 5.41) is 14.4. The van der Waals surface area contributed by atoms with E-state index in [9.17, 15) is 13.6 Å². The maximum Gasteiger partial charge on any atom is 0.314 e. The number of benzene rings is 2. The highest BCUT2D eigenvalue weighted by Crippen LogP contribution is 2.19. The molecule has 0 saturated heterocycles. The van der Waals surface area contributed by atoms with E-state index in [2.05, 4.69) is 10.6 Å². The summed E-state index contributed by atoms with van der Waals surface area (Å²) in [5.74, 6) is -1.50. The molecule has 134 valence electrons. The second kappa shape index (κ2) is 9.13. The SMILES string of the molecule is CC(CNC(=O)NCCc1ccc(CO)cc1)c1ccc(F)cc1F. The van der Waals surface area contributed by atoms with Gasteiger partial charge in [-0.2, -0.15) is 0 Å². The number of urea groups is 1. The maximum absolute atomic E-state index is 13.7. The predicted octanol–water partition coefficient (Wildman–Crippen LogP) is 3.10. The summed E-state index contributed by atoms with van der Waals surface area (Å²) in [6.45, 7) is 2.48. The normalized spacial score (nSPS) is 11.8. The molecule has 0 aliphatic carbocycles. The molecule has 0 radical (unpaired) electrons. The Bertz CT molecular complexity index is 705. The van der Waals surface area contributed by atoms with Crippen LogP contribution in [0.1, 0.15) is 29.5 Å². The molecule has 0 spiro atoms. The number of carbonyl (C=O) groups is 1. The van der Waals surface area contributed by atoms with Crippen molar-refractivity contribution in [1.29, 1.82) is 0 Å². The summed E-state index contributed by atoms with van der Waals surface area (Å²) in [7, 11) is 0. The van der Waals surface area contributed by atoms with Crippen LogP contribution in [0, 0.1) is 11.6 Å². The summed E-state index contributed by atoms with van der Waals surface area (Å²) < 4.78 is 26.6. The van der Waals surface area contributed by atoms with Crippen LogP contribution in [-0.2, 0) is 13.0 Å². The zero-order valence-electron chi connectivity index (χ0n) is 14.1. The second-order valence-corrected chi connectivity index (χ2v) is 5.93. The van der Waals surface area contributed by atoms with Gasteiger partial charge in [-0.1, -0.05) is 37.3 Å². The first-order valence-corrected chi connectivity index (χ1v) is 8.15. The van der Waals surface area contributed by atoms with Crippen LogP contribution in [0.4, 0.5) is 13.6 Å². The lowest BCUT2D eigenvalue weighted by Gasteiger charge is -2.14. The zero-order valence-corrected chi connectivity index (χ0v) is 14.1. The smallest absolute Gasteiger partial charge is 0.314 e. The summed E-state index contributed by atoms with van der Waals surface area (Å²) in [4.78, 5) is 11.8. The summed E-state index contributed by atoms with van der Waals surface area (Å²) in [5.41, 5.74) is 2.27. The lowest BCUT2D eigenvalue weighted by Crippen LogP contribution is -2.38. The highest BCUT2D eigenvalue weighted by Gasteiger charge is 2.12. The summed E-state index contributed by atoms with van der Waals surface area (Å²) in [6.07, 6.45) is 0.668. The number of nitrogens with one attached hydrogen (secondary N) is 2. The van der Waals surface area contributed by atoms with E-state index in [0.29, 0.717) is 18.5 Å². The van der Waals surface area contributed by atoms with E-state index in [1.54, 1.807) is 6.92 Å². The van der Waals surface area contributed by atoms with Crippen molar-refractivity contribution in [2.45, 2.75) is 25.9 Å². The average Bonchev–Trinajstić information content (AvgIpc) is 2.60. The van der Waals surface area contributed by atoms with Crippen LogP contribution in [0.25, 0.3) is 0 Å². The van der Waals surface area contributed by atoms with Crippen LogP contribution in [0.15, 0.2) is 42.5 Å². The van der Waals surface area contributed by atoms with Crippen molar-refractivity contribution in [3.05, 3.63) is 70.8 Å². The topological polar surface area (TPSA) is 61.4 Å². The number of amides is 2. The third-order valence-corrected chi connectivity index (χ3v) is 3.97. The molecule has 2 amide bonds. The van der Waals surface area contributed by atoms with Crippen molar-refractivity contribution in [3.8, 4) is 0 Å². The molecule has 0 fully saturated rings. The third-order valence-electron chi connectivity index (χ3n) is 3.97. The van der Waals surface area contributed by atoms with Crippen LogP contribution in [0.5, 0.6) is 0 Å². The Balaban J connectivity index is 1.72. The zero-order chi connectivity index (χ0) is 18.2. The van der Waals surface area contributed by atoms with Crippen molar-refractivity contribution in [3.63, 3.8) is 0 Å². The molecule has 0 aromatic heterocycles. The molecule has 0 bridgehead atoms. The number of hydrogen-bond donors (Lipinski definition) is 3. The van der Waals surface area contributed by atoms with Gasteiger partial charge in [0.05, 0.1) is 6.61 Å². The van der Waals surface area contributed by atoms with E-state index < -0.39 is 11.6 Å². The van der Waals surface area contributed by atoms with Crippen LogP contribution < -0.4 is 10.6 Å². The number of rotatable bonds is 7. The molecule has 4 nitrogen and oxygen atoms in total. The molecule has 0 aliphatic rings. The van der Waals surface area contributed by atoms with E-state index in [1.807, 2.05) is 24.3 Å². The first-order valence-electron chi connectivity index (χ1n) is 8.15.